The Morgan fingerprint density at radius 1 is 1.09 bits per heavy atom. The average molecular weight is 461 g/mol. The Morgan fingerprint density at radius 3 is 2.31 bits per heavy atom. The van der Waals surface area contributed by atoms with Crippen molar-refractivity contribution in [2.45, 2.75) is 38.1 Å². The first kappa shape index (κ1) is 23.7. The summed E-state index contributed by atoms with van der Waals surface area (Å²) in [5.41, 5.74) is 1.35. The number of alkyl halides is 5. The molecule has 0 radical (unpaired) electrons. The number of benzene rings is 2. The number of carboxylic acids is 1. The monoisotopic (exact) mass is 461 g/mol. The van der Waals surface area contributed by atoms with Crippen LogP contribution in [0.15, 0.2) is 48.5 Å². The van der Waals surface area contributed by atoms with Gasteiger partial charge in [-0.3, -0.25) is 0 Å². The maximum Gasteiger partial charge on any atom is 0.573 e. The van der Waals surface area contributed by atoms with Gasteiger partial charge in [0.1, 0.15) is 5.75 Å². The first-order chi connectivity index (χ1) is 15.1. The van der Waals surface area contributed by atoms with Gasteiger partial charge in [0.05, 0.1) is 30.9 Å². The van der Waals surface area contributed by atoms with Crippen LogP contribution in [0.2, 0.25) is 0 Å². The molecule has 32 heavy (non-hydrogen) atoms. The van der Waals surface area contributed by atoms with E-state index in [1.807, 2.05) is 0 Å². The second-order valence-corrected chi connectivity index (χ2v) is 7.11. The molecule has 1 N–H and O–H groups in total. The van der Waals surface area contributed by atoms with Crippen molar-refractivity contribution < 1.29 is 46.1 Å². The highest BCUT2D eigenvalue weighted by atomic mass is 19.4. The second kappa shape index (κ2) is 10.1. The van der Waals surface area contributed by atoms with Crippen LogP contribution in [-0.4, -0.2) is 49.3 Å². The van der Waals surface area contributed by atoms with Crippen molar-refractivity contribution in [1.82, 2.24) is 0 Å². The predicted molar refractivity (Wildman–Crippen MR) is 103 cm³/mol. The molecule has 11 heteroatoms. The molecular formula is C21H20F5NO5. The molecule has 0 aromatic heterocycles. The summed E-state index contributed by atoms with van der Waals surface area (Å²) in [5.74, 6) is -1.43. The molecule has 2 atom stereocenters. The fourth-order valence-corrected chi connectivity index (χ4v) is 3.45. The summed E-state index contributed by atoms with van der Waals surface area (Å²) in [5, 5.41) is 9.03. The van der Waals surface area contributed by atoms with Crippen molar-refractivity contribution in [1.29, 1.82) is 0 Å². The van der Waals surface area contributed by atoms with Crippen LogP contribution in [0, 0.1) is 0 Å². The van der Waals surface area contributed by atoms with Crippen LogP contribution in [0.3, 0.4) is 0 Å². The minimum absolute atomic E-state index is 0.0964. The lowest BCUT2D eigenvalue weighted by molar-refractivity contribution is -0.274. The standard InChI is InChI=1S/C21H20F5NO5/c22-20(23)31-12-16-9-18(10-27(16)15-5-3-14(4-6-15)19(28)29)30-11-13-1-7-17(8-2-13)32-21(24,25)26/h1-8,16,18,20H,9-12H2,(H,28,29)/t16-,18-/m0/s1. The number of rotatable bonds is 9. The van der Waals surface area contributed by atoms with Crippen molar-refractivity contribution in [3.8, 4) is 5.75 Å². The van der Waals surface area contributed by atoms with Crippen molar-refractivity contribution >= 4 is 11.7 Å². The van der Waals surface area contributed by atoms with Gasteiger partial charge >= 0.3 is 18.9 Å². The largest absolute Gasteiger partial charge is 0.573 e. The molecule has 0 bridgehead atoms. The summed E-state index contributed by atoms with van der Waals surface area (Å²) in [4.78, 5) is 12.8. The molecule has 3 rings (SSSR count). The molecule has 174 valence electrons. The minimum atomic E-state index is -4.77. The number of ether oxygens (including phenoxy) is 3. The molecule has 6 nitrogen and oxygen atoms in total. The Kier molecular flexibility index (Phi) is 7.52. The van der Waals surface area contributed by atoms with Gasteiger partial charge in [-0.2, -0.15) is 8.78 Å². The summed E-state index contributed by atoms with van der Waals surface area (Å²) in [6.45, 7) is -2.73. The summed E-state index contributed by atoms with van der Waals surface area (Å²) < 4.78 is 76.0. The zero-order valence-corrected chi connectivity index (χ0v) is 16.6. The highest BCUT2D eigenvalue weighted by molar-refractivity contribution is 5.88. The molecule has 0 saturated carbocycles. The van der Waals surface area contributed by atoms with Crippen molar-refractivity contribution in [2.75, 3.05) is 18.1 Å². The maximum absolute atomic E-state index is 12.5. The van der Waals surface area contributed by atoms with E-state index in [9.17, 15) is 26.7 Å². The van der Waals surface area contributed by atoms with Gasteiger partial charge in [0.25, 0.3) is 0 Å². The molecule has 0 spiro atoms. The van der Waals surface area contributed by atoms with Gasteiger partial charge in [-0.1, -0.05) is 12.1 Å². The lowest BCUT2D eigenvalue weighted by atomic mass is 10.1. The molecular weight excluding hydrogens is 441 g/mol. The maximum atomic E-state index is 12.5. The number of halogens is 5. The molecule has 2 aromatic rings. The number of nitrogens with zero attached hydrogens (tertiary/aromatic N) is 1. The van der Waals surface area contributed by atoms with E-state index in [1.165, 1.54) is 36.4 Å². The molecule has 0 unspecified atom stereocenters. The molecule has 1 fully saturated rings. The third-order valence-corrected chi connectivity index (χ3v) is 4.88. The molecule has 1 heterocycles. The zero-order valence-electron chi connectivity index (χ0n) is 16.6. The number of hydrogen-bond donors (Lipinski definition) is 1. The van der Waals surface area contributed by atoms with Gasteiger partial charge in [-0.25, -0.2) is 4.79 Å². The smallest absolute Gasteiger partial charge is 0.478 e. The molecule has 1 aliphatic heterocycles. The number of anilines is 1. The highest BCUT2D eigenvalue weighted by Crippen LogP contribution is 2.29. The van der Waals surface area contributed by atoms with Crippen LogP contribution in [0.25, 0.3) is 0 Å². The fraction of sp³-hybridized carbons (Fsp3) is 0.381. The molecule has 0 amide bonds. The van der Waals surface area contributed by atoms with Crippen LogP contribution < -0.4 is 9.64 Å². The SMILES string of the molecule is O=C(O)c1ccc(N2C[C@@H](OCc3ccc(OC(F)(F)F)cc3)C[C@H]2COC(F)F)cc1. The van der Waals surface area contributed by atoms with Gasteiger partial charge in [0, 0.05) is 12.2 Å². The lowest BCUT2D eigenvalue weighted by Crippen LogP contribution is -2.34. The number of hydrogen-bond acceptors (Lipinski definition) is 5. The Hall–Kier alpha value is -2.92. The second-order valence-electron chi connectivity index (χ2n) is 7.11. The third-order valence-electron chi connectivity index (χ3n) is 4.88. The Bertz CT molecular complexity index is 889. The average Bonchev–Trinajstić information content (AvgIpc) is 3.14. The summed E-state index contributed by atoms with van der Waals surface area (Å²) >= 11 is 0. The Labute approximate surface area is 180 Å². The first-order valence-corrected chi connectivity index (χ1v) is 9.57. The first-order valence-electron chi connectivity index (χ1n) is 9.57. The third kappa shape index (κ3) is 6.79. The van der Waals surface area contributed by atoms with Crippen LogP contribution in [-0.2, 0) is 16.1 Å². The van der Waals surface area contributed by atoms with E-state index >= 15 is 0 Å². The van der Waals surface area contributed by atoms with Crippen LogP contribution in [0.1, 0.15) is 22.3 Å². The van der Waals surface area contributed by atoms with E-state index < -0.39 is 25.0 Å². The van der Waals surface area contributed by atoms with Crippen molar-refractivity contribution in [3.63, 3.8) is 0 Å². The zero-order chi connectivity index (χ0) is 23.3. The van der Waals surface area contributed by atoms with E-state index in [4.69, 9.17) is 9.84 Å². The van der Waals surface area contributed by atoms with E-state index in [-0.39, 0.29) is 30.6 Å². The number of aromatic carboxylic acids is 1. The minimum Gasteiger partial charge on any atom is -0.478 e. The van der Waals surface area contributed by atoms with Gasteiger partial charge in [-0.15, -0.1) is 13.2 Å². The van der Waals surface area contributed by atoms with E-state index in [0.717, 1.165) is 0 Å². The van der Waals surface area contributed by atoms with Crippen LogP contribution in [0.4, 0.5) is 27.6 Å². The van der Waals surface area contributed by atoms with E-state index in [2.05, 4.69) is 9.47 Å². The van der Waals surface area contributed by atoms with Gasteiger partial charge in [0.2, 0.25) is 0 Å². The van der Waals surface area contributed by atoms with Crippen molar-refractivity contribution in [3.05, 3.63) is 59.7 Å². The number of carbonyl (C=O) groups is 1. The summed E-state index contributed by atoms with van der Waals surface area (Å²) in [6.07, 6.45) is -4.75. The Morgan fingerprint density at radius 2 is 1.75 bits per heavy atom. The topological polar surface area (TPSA) is 68.2 Å². The van der Waals surface area contributed by atoms with E-state index in [1.54, 1.807) is 17.0 Å². The molecule has 1 saturated heterocycles. The summed E-state index contributed by atoms with van der Waals surface area (Å²) in [6, 6.07) is 10.8. The molecule has 2 aromatic carbocycles. The fourth-order valence-electron chi connectivity index (χ4n) is 3.45. The van der Waals surface area contributed by atoms with Gasteiger partial charge in [-0.05, 0) is 48.4 Å². The van der Waals surface area contributed by atoms with Crippen molar-refractivity contribution in [2.24, 2.45) is 0 Å². The van der Waals surface area contributed by atoms with Crippen LogP contribution >= 0.6 is 0 Å². The predicted octanol–water partition coefficient (Wildman–Crippen LogP) is 4.69. The van der Waals surface area contributed by atoms with Gasteiger partial charge in [0.15, 0.2) is 0 Å². The summed E-state index contributed by atoms with van der Waals surface area (Å²) in [7, 11) is 0. The number of carboxylic acid groups (broad SMARTS) is 1. The van der Waals surface area contributed by atoms with Crippen LogP contribution in [0.5, 0.6) is 5.75 Å². The highest BCUT2D eigenvalue weighted by Gasteiger charge is 2.34. The Balaban J connectivity index is 1.62. The molecule has 0 aliphatic carbocycles. The van der Waals surface area contributed by atoms with E-state index in [0.29, 0.717) is 24.2 Å². The van der Waals surface area contributed by atoms with Gasteiger partial charge < -0.3 is 24.2 Å². The normalized spacial score (nSPS) is 18.9. The molecule has 1 aliphatic rings. The lowest BCUT2D eigenvalue weighted by Gasteiger charge is -2.26. The quantitative estimate of drug-likeness (QED) is 0.547.